The average Bonchev–Trinajstić information content (AvgIpc) is 2.40. The molecule has 0 aliphatic heterocycles. The Labute approximate surface area is 116 Å². The van der Waals surface area contributed by atoms with E-state index in [1.807, 2.05) is 25.1 Å². The lowest BCUT2D eigenvalue weighted by Crippen LogP contribution is -2.39. The van der Waals surface area contributed by atoms with Crippen molar-refractivity contribution in [3.8, 4) is 0 Å². The number of fused-ring (bicyclic) bond motifs is 1. The van der Waals surface area contributed by atoms with E-state index in [0.29, 0.717) is 6.42 Å². The number of benzene rings is 1. The van der Waals surface area contributed by atoms with Crippen molar-refractivity contribution in [2.75, 3.05) is 5.75 Å². The van der Waals surface area contributed by atoms with E-state index in [9.17, 15) is 8.42 Å². The van der Waals surface area contributed by atoms with Gasteiger partial charge in [-0.2, -0.15) is 0 Å². The zero-order chi connectivity index (χ0) is 14.0. The Morgan fingerprint density at radius 2 is 1.89 bits per heavy atom. The van der Waals surface area contributed by atoms with E-state index in [0.717, 1.165) is 18.4 Å². The van der Waals surface area contributed by atoms with Crippen molar-refractivity contribution in [1.29, 1.82) is 0 Å². The Bertz CT molecular complexity index is 539. The molecule has 1 aliphatic rings. The van der Waals surface area contributed by atoms with E-state index in [1.54, 1.807) is 0 Å². The Morgan fingerprint density at radius 1 is 1.26 bits per heavy atom. The standard InChI is InChI=1S/C15H23NO2S/c1-3-4-9-19(17,18)14-10-11(2)12-7-5-6-8-13(12)15(14)16/h5-8,11,14-15H,3-4,9-10,16H2,1-2H3. The monoisotopic (exact) mass is 281 g/mol. The van der Waals surface area contributed by atoms with Crippen molar-refractivity contribution in [3.05, 3.63) is 35.4 Å². The second kappa shape index (κ2) is 5.63. The molecule has 0 aromatic heterocycles. The summed E-state index contributed by atoms with van der Waals surface area (Å²) in [4.78, 5) is 0. The number of rotatable bonds is 4. The third kappa shape index (κ3) is 2.84. The van der Waals surface area contributed by atoms with Gasteiger partial charge in [-0.1, -0.05) is 44.5 Å². The van der Waals surface area contributed by atoms with Gasteiger partial charge in [0.25, 0.3) is 0 Å². The molecule has 3 unspecified atom stereocenters. The molecule has 1 aromatic carbocycles. The van der Waals surface area contributed by atoms with Crippen LogP contribution in [-0.2, 0) is 9.84 Å². The maximum Gasteiger partial charge on any atom is 0.155 e. The van der Waals surface area contributed by atoms with Crippen LogP contribution < -0.4 is 5.73 Å². The molecule has 1 aliphatic carbocycles. The first-order valence-corrected chi connectivity index (χ1v) is 8.75. The van der Waals surface area contributed by atoms with E-state index in [4.69, 9.17) is 5.73 Å². The van der Waals surface area contributed by atoms with Crippen LogP contribution in [-0.4, -0.2) is 19.4 Å². The molecular weight excluding hydrogens is 258 g/mol. The fraction of sp³-hybridized carbons (Fsp3) is 0.600. The van der Waals surface area contributed by atoms with Crippen LogP contribution >= 0.6 is 0 Å². The second-order valence-corrected chi connectivity index (χ2v) is 7.89. The topological polar surface area (TPSA) is 60.2 Å². The first kappa shape index (κ1) is 14.5. The highest BCUT2D eigenvalue weighted by Gasteiger charge is 2.38. The summed E-state index contributed by atoms with van der Waals surface area (Å²) in [5.41, 5.74) is 8.44. The van der Waals surface area contributed by atoms with Gasteiger partial charge in [0, 0.05) is 6.04 Å². The van der Waals surface area contributed by atoms with Gasteiger partial charge >= 0.3 is 0 Å². The number of sulfone groups is 1. The van der Waals surface area contributed by atoms with Crippen molar-refractivity contribution in [3.63, 3.8) is 0 Å². The lowest BCUT2D eigenvalue weighted by atomic mass is 9.81. The molecule has 0 amide bonds. The molecule has 0 saturated carbocycles. The second-order valence-electron chi connectivity index (χ2n) is 5.55. The molecule has 0 spiro atoms. The summed E-state index contributed by atoms with van der Waals surface area (Å²) in [6, 6.07) is 7.59. The van der Waals surface area contributed by atoms with Crippen LogP contribution in [0.2, 0.25) is 0 Å². The van der Waals surface area contributed by atoms with Gasteiger partial charge in [-0.3, -0.25) is 0 Å². The van der Waals surface area contributed by atoms with Crippen LogP contribution in [0.5, 0.6) is 0 Å². The Balaban J connectivity index is 2.32. The van der Waals surface area contributed by atoms with Crippen molar-refractivity contribution in [2.45, 2.75) is 50.3 Å². The molecule has 3 nitrogen and oxygen atoms in total. The van der Waals surface area contributed by atoms with E-state index in [2.05, 4.69) is 13.0 Å². The molecule has 0 saturated heterocycles. The number of hydrogen-bond donors (Lipinski definition) is 1. The molecule has 0 radical (unpaired) electrons. The van der Waals surface area contributed by atoms with E-state index in [-0.39, 0.29) is 17.7 Å². The lowest BCUT2D eigenvalue weighted by Gasteiger charge is -2.34. The van der Waals surface area contributed by atoms with Gasteiger partial charge in [0.1, 0.15) is 0 Å². The van der Waals surface area contributed by atoms with Crippen LogP contribution in [0.1, 0.15) is 56.2 Å². The van der Waals surface area contributed by atoms with Crippen LogP contribution in [0.15, 0.2) is 24.3 Å². The molecule has 2 N–H and O–H groups in total. The molecule has 4 heteroatoms. The molecule has 0 fully saturated rings. The molecular formula is C15H23NO2S. The quantitative estimate of drug-likeness (QED) is 0.923. The molecule has 1 aromatic rings. The Morgan fingerprint density at radius 3 is 2.53 bits per heavy atom. The van der Waals surface area contributed by atoms with Crippen LogP contribution in [0.4, 0.5) is 0 Å². The minimum absolute atomic E-state index is 0.261. The predicted molar refractivity (Wildman–Crippen MR) is 78.9 cm³/mol. The van der Waals surface area contributed by atoms with Crippen LogP contribution in [0, 0.1) is 0 Å². The van der Waals surface area contributed by atoms with Crippen molar-refractivity contribution in [1.82, 2.24) is 0 Å². The molecule has 3 atom stereocenters. The summed E-state index contributed by atoms with van der Waals surface area (Å²) in [7, 11) is -3.10. The molecule has 19 heavy (non-hydrogen) atoms. The highest BCUT2D eigenvalue weighted by Crippen LogP contribution is 2.39. The fourth-order valence-electron chi connectivity index (χ4n) is 2.95. The molecule has 0 bridgehead atoms. The van der Waals surface area contributed by atoms with Gasteiger partial charge in [0.05, 0.1) is 11.0 Å². The van der Waals surface area contributed by atoms with Gasteiger partial charge in [0.2, 0.25) is 0 Å². The number of nitrogens with two attached hydrogens (primary N) is 1. The largest absolute Gasteiger partial charge is 0.323 e. The van der Waals surface area contributed by atoms with Gasteiger partial charge in [-0.05, 0) is 29.9 Å². The SMILES string of the molecule is CCCCS(=O)(=O)C1CC(C)c2ccccc2C1N. The summed E-state index contributed by atoms with van der Waals surface area (Å²) in [5, 5.41) is -0.427. The van der Waals surface area contributed by atoms with Gasteiger partial charge < -0.3 is 5.73 Å². The first-order chi connectivity index (χ1) is 8.97. The van der Waals surface area contributed by atoms with Crippen molar-refractivity contribution in [2.24, 2.45) is 5.73 Å². The first-order valence-electron chi connectivity index (χ1n) is 7.03. The maximum atomic E-state index is 12.4. The smallest absolute Gasteiger partial charge is 0.155 e. The van der Waals surface area contributed by atoms with E-state index < -0.39 is 15.1 Å². The molecule has 106 valence electrons. The third-order valence-corrected chi connectivity index (χ3v) is 6.38. The van der Waals surface area contributed by atoms with Gasteiger partial charge in [0.15, 0.2) is 9.84 Å². The van der Waals surface area contributed by atoms with Crippen LogP contribution in [0.3, 0.4) is 0 Å². The van der Waals surface area contributed by atoms with Crippen molar-refractivity contribution >= 4 is 9.84 Å². The zero-order valence-electron chi connectivity index (χ0n) is 11.7. The third-order valence-electron chi connectivity index (χ3n) is 4.12. The summed E-state index contributed by atoms with van der Waals surface area (Å²) in [6.45, 7) is 4.10. The highest BCUT2D eigenvalue weighted by atomic mass is 32.2. The fourth-order valence-corrected chi connectivity index (χ4v) is 5.12. The summed E-state index contributed by atoms with van der Waals surface area (Å²) >= 11 is 0. The Kier molecular flexibility index (Phi) is 4.31. The van der Waals surface area contributed by atoms with Crippen molar-refractivity contribution < 1.29 is 8.42 Å². The summed E-state index contributed by atoms with van der Waals surface area (Å²) < 4.78 is 24.9. The Hall–Kier alpha value is -0.870. The van der Waals surface area contributed by atoms with Gasteiger partial charge in [-0.15, -0.1) is 0 Å². The zero-order valence-corrected chi connectivity index (χ0v) is 12.5. The minimum atomic E-state index is -3.10. The van der Waals surface area contributed by atoms with Gasteiger partial charge in [-0.25, -0.2) is 8.42 Å². The maximum absolute atomic E-state index is 12.4. The lowest BCUT2D eigenvalue weighted by molar-refractivity contribution is 0.486. The normalized spacial score (nSPS) is 27.0. The van der Waals surface area contributed by atoms with Crippen LogP contribution in [0.25, 0.3) is 0 Å². The summed E-state index contributed by atoms with van der Waals surface area (Å²) in [6.07, 6.45) is 2.26. The molecule has 0 heterocycles. The highest BCUT2D eigenvalue weighted by molar-refractivity contribution is 7.92. The number of hydrogen-bond acceptors (Lipinski definition) is 3. The average molecular weight is 281 g/mol. The summed E-state index contributed by atoms with van der Waals surface area (Å²) in [5.74, 6) is 0.522. The predicted octanol–water partition coefficient (Wildman–Crippen LogP) is 2.78. The number of unbranched alkanes of at least 4 members (excludes halogenated alkanes) is 1. The molecule has 2 rings (SSSR count). The van der Waals surface area contributed by atoms with E-state index in [1.165, 1.54) is 5.56 Å². The van der Waals surface area contributed by atoms with E-state index >= 15 is 0 Å². The minimum Gasteiger partial charge on any atom is -0.323 e.